The van der Waals surface area contributed by atoms with E-state index in [0.29, 0.717) is 5.92 Å². The Labute approximate surface area is 139 Å². The fourth-order valence-corrected chi connectivity index (χ4v) is 3.46. The first-order valence-corrected chi connectivity index (χ1v) is 8.73. The number of aliphatic hydroxyl groups is 1. The molecule has 0 spiro atoms. The minimum Gasteiger partial charge on any atom is -0.388 e. The summed E-state index contributed by atoms with van der Waals surface area (Å²) in [6.07, 6.45) is 2.98. The number of rotatable bonds is 5. The fourth-order valence-electron chi connectivity index (χ4n) is 3.46. The van der Waals surface area contributed by atoms with Gasteiger partial charge in [0.25, 0.3) is 0 Å². The summed E-state index contributed by atoms with van der Waals surface area (Å²) < 4.78 is 0. The predicted molar refractivity (Wildman–Crippen MR) is 95.4 cm³/mol. The standard InChI is InChI=1S/C21H27NO/c1-17-7-9-19(10-8-17)21(23)20-12-15-22(16-13-20)14-11-18-5-3-2-4-6-18/h2-10,20-21,23H,11-16H2,1H3. The maximum Gasteiger partial charge on any atom is 0.0819 e. The summed E-state index contributed by atoms with van der Waals surface area (Å²) in [5.74, 6) is 0.394. The van der Waals surface area contributed by atoms with Gasteiger partial charge >= 0.3 is 0 Å². The largest absolute Gasteiger partial charge is 0.388 e. The van der Waals surface area contributed by atoms with Gasteiger partial charge in [0.1, 0.15) is 0 Å². The van der Waals surface area contributed by atoms with Gasteiger partial charge in [0, 0.05) is 6.54 Å². The molecule has 1 saturated heterocycles. The van der Waals surface area contributed by atoms with Gasteiger partial charge < -0.3 is 10.0 Å². The first-order valence-electron chi connectivity index (χ1n) is 8.73. The first-order chi connectivity index (χ1) is 11.2. The molecule has 1 atom stereocenters. The summed E-state index contributed by atoms with van der Waals surface area (Å²) in [7, 11) is 0. The van der Waals surface area contributed by atoms with E-state index in [1.807, 2.05) is 0 Å². The van der Waals surface area contributed by atoms with Gasteiger partial charge in [-0.15, -0.1) is 0 Å². The van der Waals surface area contributed by atoms with Crippen molar-refractivity contribution in [3.05, 3.63) is 71.3 Å². The van der Waals surface area contributed by atoms with Gasteiger partial charge in [-0.2, -0.15) is 0 Å². The summed E-state index contributed by atoms with van der Waals surface area (Å²) >= 11 is 0. The Morgan fingerprint density at radius 3 is 2.30 bits per heavy atom. The molecule has 1 fully saturated rings. The van der Waals surface area contributed by atoms with Crippen molar-refractivity contribution in [1.82, 2.24) is 4.90 Å². The van der Waals surface area contributed by atoms with Crippen LogP contribution in [0.3, 0.4) is 0 Å². The van der Waals surface area contributed by atoms with Crippen LogP contribution >= 0.6 is 0 Å². The van der Waals surface area contributed by atoms with Gasteiger partial charge in [-0.3, -0.25) is 0 Å². The summed E-state index contributed by atoms with van der Waals surface area (Å²) in [5.41, 5.74) is 3.73. The molecule has 2 heteroatoms. The minimum absolute atomic E-state index is 0.313. The monoisotopic (exact) mass is 309 g/mol. The SMILES string of the molecule is Cc1ccc(C(O)C2CCN(CCc3ccccc3)CC2)cc1. The zero-order chi connectivity index (χ0) is 16.1. The lowest BCUT2D eigenvalue weighted by atomic mass is 9.87. The van der Waals surface area contributed by atoms with Crippen molar-refractivity contribution in [2.75, 3.05) is 19.6 Å². The highest BCUT2D eigenvalue weighted by molar-refractivity contribution is 5.23. The Kier molecular flexibility index (Phi) is 5.47. The Bertz CT molecular complexity index is 585. The number of hydrogen-bond donors (Lipinski definition) is 1. The number of hydrogen-bond acceptors (Lipinski definition) is 2. The molecule has 23 heavy (non-hydrogen) atoms. The Hall–Kier alpha value is -1.64. The van der Waals surface area contributed by atoms with Gasteiger partial charge in [-0.1, -0.05) is 60.2 Å². The minimum atomic E-state index is -0.313. The summed E-state index contributed by atoms with van der Waals surface area (Å²) in [5, 5.41) is 10.6. The van der Waals surface area contributed by atoms with Gasteiger partial charge in [0.05, 0.1) is 6.10 Å². The topological polar surface area (TPSA) is 23.5 Å². The molecule has 0 aromatic heterocycles. The molecule has 0 bridgehead atoms. The van der Waals surface area contributed by atoms with Crippen LogP contribution in [0.2, 0.25) is 0 Å². The van der Waals surface area contributed by atoms with E-state index in [9.17, 15) is 5.11 Å². The Morgan fingerprint density at radius 1 is 1.00 bits per heavy atom. The average molecular weight is 309 g/mol. The first kappa shape index (κ1) is 16.2. The molecule has 0 aliphatic carbocycles. The molecule has 1 N–H and O–H groups in total. The molecule has 1 aliphatic rings. The van der Waals surface area contributed by atoms with E-state index in [1.54, 1.807) is 0 Å². The van der Waals surface area contributed by atoms with Crippen molar-refractivity contribution in [3.8, 4) is 0 Å². The molecule has 3 rings (SSSR count). The van der Waals surface area contributed by atoms with Crippen LogP contribution in [0.15, 0.2) is 54.6 Å². The Morgan fingerprint density at radius 2 is 1.65 bits per heavy atom. The van der Waals surface area contributed by atoms with Crippen molar-refractivity contribution in [3.63, 3.8) is 0 Å². The van der Waals surface area contributed by atoms with Crippen LogP contribution in [-0.2, 0) is 6.42 Å². The third kappa shape index (κ3) is 4.43. The van der Waals surface area contributed by atoms with Crippen molar-refractivity contribution >= 4 is 0 Å². The molecule has 122 valence electrons. The van der Waals surface area contributed by atoms with Crippen LogP contribution in [0.4, 0.5) is 0 Å². The van der Waals surface area contributed by atoms with E-state index >= 15 is 0 Å². The molecule has 1 heterocycles. The molecule has 2 aromatic rings. The highest BCUT2D eigenvalue weighted by atomic mass is 16.3. The molecule has 2 nitrogen and oxygen atoms in total. The van der Waals surface area contributed by atoms with Crippen molar-refractivity contribution < 1.29 is 5.11 Å². The Balaban J connectivity index is 1.47. The third-order valence-corrected chi connectivity index (χ3v) is 5.06. The molecule has 0 radical (unpaired) electrons. The second-order valence-corrected chi connectivity index (χ2v) is 6.77. The van der Waals surface area contributed by atoms with Crippen molar-refractivity contribution in [1.29, 1.82) is 0 Å². The second-order valence-electron chi connectivity index (χ2n) is 6.77. The van der Waals surface area contributed by atoms with E-state index < -0.39 is 0 Å². The number of nitrogens with zero attached hydrogens (tertiary/aromatic N) is 1. The molecule has 0 amide bonds. The average Bonchev–Trinajstić information content (AvgIpc) is 2.61. The summed E-state index contributed by atoms with van der Waals surface area (Å²) in [6, 6.07) is 19.0. The quantitative estimate of drug-likeness (QED) is 0.903. The molecule has 2 aromatic carbocycles. The molecule has 0 saturated carbocycles. The van der Waals surface area contributed by atoms with Gasteiger partial charge in [0.2, 0.25) is 0 Å². The van der Waals surface area contributed by atoms with E-state index in [-0.39, 0.29) is 6.10 Å². The van der Waals surface area contributed by atoms with Crippen LogP contribution in [0.25, 0.3) is 0 Å². The number of piperidine rings is 1. The molecule has 1 unspecified atom stereocenters. The highest BCUT2D eigenvalue weighted by Gasteiger charge is 2.25. The van der Waals surface area contributed by atoms with E-state index in [1.165, 1.54) is 11.1 Å². The van der Waals surface area contributed by atoms with Gasteiger partial charge in [0.15, 0.2) is 0 Å². The van der Waals surface area contributed by atoms with E-state index in [4.69, 9.17) is 0 Å². The van der Waals surface area contributed by atoms with Crippen LogP contribution in [0.1, 0.15) is 35.6 Å². The maximum absolute atomic E-state index is 10.6. The van der Waals surface area contributed by atoms with Gasteiger partial charge in [-0.25, -0.2) is 0 Å². The second kappa shape index (κ2) is 7.76. The maximum atomic E-state index is 10.6. The van der Waals surface area contributed by atoms with Crippen LogP contribution in [-0.4, -0.2) is 29.6 Å². The lowest BCUT2D eigenvalue weighted by molar-refractivity contribution is 0.0592. The van der Waals surface area contributed by atoms with E-state index in [0.717, 1.165) is 44.5 Å². The predicted octanol–water partition coefficient (Wildman–Crippen LogP) is 3.98. The smallest absolute Gasteiger partial charge is 0.0819 e. The normalized spacial score (nSPS) is 18.0. The zero-order valence-corrected chi connectivity index (χ0v) is 14.0. The third-order valence-electron chi connectivity index (χ3n) is 5.06. The lowest BCUT2D eigenvalue weighted by Gasteiger charge is -2.34. The van der Waals surface area contributed by atoms with Crippen LogP contribution in [0, 0.1) is 12.8 Å². The fraction of sp³-hybridized carbons (Fsp3) is 0.429. The van der Waals surface area contributed by atoms with Crippen LogP contribution < -0.4 is 0 Å². The summed E-state index contributed by atoms with van der Waals surface area (Å²) in [4.78, 5) is 2.53. The van der Waals surface area contributed by atoms with Crippen LogP contribution in [0.5, 0.6) is 0 Å². The number of benzene rings is 2. The molecular formula is C21H27NO. The van der Waals surface area contributed by atoms with Crippen molar-refractivity contribution in [2.45, 2.75) is 32.3 Å². The number of aryl methyl sites for hydroxylation is 1. The molecule has 1 aliphatic heterocycles. The van der Waals surface area contributed by atoms with Crippen molar-refractivity contribution in [2.24, 2.45) is 5.92 Å². The highest BCUT2D eigenvalue weighted by Crippen LogP contribution is 2.30. The summed E-state index contributed by atoms with van der Waals surface area (Å²) in [6.45, 7) is 5.40. The lowest BCUT2D eigenvalue weighted by Crippen LogP contribution is -2.36. The molecular weight excluding hydrogens is 282 g/mol. The zero-order valence-electron chi connectivity index (χ0n) is 14.0. The number of likely N-dealkylation sites (tertiary alicyclic amines) is 1. The van der Waals surface area contributed by atoms with Gasteiger partial charge in [-0.05, 0) is 56.3 Å². The number of aliphatic hydroxyl groups excluding tert-OH is 1. The van der Waals surface area contributed by atoms with E-state index in [2.05, 4.69) is 66.4 Å².